The Labute approximate surface area is 68.4 Å². The Morgan fingerprint density at radius 3 is 2.64 bits per heavy atom. The van der Waals surface area contributed by atoms with Crippen molar-refractivity contribution in [2.45, 2.75) is 32.6 Å². The van der Waals surface area contributed by atoms with Crippen molar-refractivity contribution in [3.05, 3.63) is 0 Å². The molecular formula is C9H18FN. The maximum Gasteiger partial charge on any atom is 0.0906 e. The lowest BCUT2D eigenvalue weighted by Crippen LogP contribution is -2.37. The summed E-state index contributed by atoms with van der Waals surface area (Å²) in [5.41, 5.74) is 0.538. The summed E-state index contributed by atoms with van der Waals surface area (Å²) in [6, 6.07) is 0. The molecule has 0 radical (unpaired) electrons. The third-order valence-corrected chi connectivity index (χ3v) is 2.60. The summed E-state index contributed by atoms with van der Waals surface area (Å²) >= 11 is 0. The molecule has 0 heterocycles. The van der Waals surface area contributed by atoms with Gasteiger partial charge in [0.1, 0.15) is 0 Å². The fourth-order valence-corrected chi connectivity index (χ4v) is 1.54. The van der Waals surface area contributed by atoms with Crippen LogP contribution < -0.4 is 5.32 Å². The molecule has 2 heteroatoms. The molecule has 1 N–H and O–H groups in total. The Hall–Kier alpha value is -0.110. The standard InChI is InChI=1S/C9H18FN/c1-9(4-2-5-9)8-11-7-3-6-10/h11H,2-8H2,1H3. The van der Waals surface area contributed by atoms with Gasteiger partial charge in [-0.15, -0.1) is 0 Å². The topological polar surface area (TPSA) is 12.0 Å². The molecule has 1 nitrogen and oxygen atoms in total. The van der Waals surface area contributed by atoms with E-state index in [1.54, 1.807) is 0 Å². The molecule has 0 saturated heterocycles. The SMILES string of the molecule is CC1(CNCCCF)CCC1. The normalized spacial score (nSPS) is 21.3. The quantitative estimate of drug-likeness (QED) is 0.606. The van der Waals surface area contributed by atoms with E-state index >= 15 is 0 Å². The van der Waals surface area contributed by atoms with Gasteiger partial charge in [0.25, 0.3) is 0 Å². The van der Waals surface area contributed by atoms with E-state index in [4.69, 9.17) is 0 Å². The van der Waals surface area contributed by atoms with Crippen molar-refractivity contribution in [3.63, 3.8) is 0 Å². The molecule has 0 aromatic heterocycles. The molecule has 1 rings (SSSR count). The minimum Gasteiger partial charge on any atom is -0.316 e. The Morgan fingerprint density at radius 2 is 2.18 bits per heavy atom. The molecule has 11 heavy (non-hydrogen) atoms. The third kappa shape index (κ3) is 2.78. The smallest absolute Gasteiger partial charge is 0.0906 e. The molecule has 0 aromatic carbocycles. The molecule has 0 amide bonds. The molecule has 0 aliphatic heterocycles. The average Bonchev–Trinajstić information content (AvgIpc) is 1.95. The van der Waals surface area contributed by atoms with Crippen molar-refractivity contribution >= 4 is 0 Å². The van der Waals surface area contributed by atoms with Gasteiger partial charge in [0.05, 0.1) is 6.67 Å². The average molecular weight is 159 g/mol. The first kappa shape index (κ1) is 8.98. The molecule has 0 unspecified atom stereocenters. The van der Waals surface area contributed by atoms with Crippen LogP contribution in [0.1, 0.15) is 32.6 Å². The molecule has 66 valence electrons. The van der Waals surface area contributed by atoms with Gasteiger partial charge in [0.2, 0.25) is 0 Å². The predicted octanol–water partition coefficient (Wildman–Crippen LogP) is 2.13. The first-order chi connectivity index (χ1) is 5.27. The molecule has 0 bridgehead atoms. The van der Waals surface area contributed by atoms with E-state index in [1.807, 2.05) is 0 Å². The van der Waals surface area contributed by atoms with Crippen LogP contribution in [-0.2, 0) is 0 Å². The van der Waals surface area contributed by atoms with E-state index in [2.05, 4.69) is 12.2 Å². The molecule has 1 aliphatic carbocycles. The maximum absolute atomic E-state index is 11.7. The molecular weight excluding hydrogens is 141 g/mol. The van der Waals surface area contributed by atoms with Crippen LogP contribution in [-0.4, -0.2) is 19.8 Å². The lowest BCUT2D eigenvalue weighted by molar-refractivity contribution is 0.156. The van der Waals surface area contributed by atoms with E-state index in [1.165, 1.54) is 19.3 Å². The van der Waals surface area contributed by atoms with Gasteiger partial charge in [-0.3, -0.25) is 4.39 Å². The number of rotatable bonds is 5. The third-order valence-electron chi connectivity index (χ3n) is 2.60. The largest absolute Gasteiger partial charge is 0.316 e. The predicted molar refractivity (Wildman–Crippen MR) is 45.4 cm³/mol. The van der Waals surface area contributed by atoms with Gasteiger partial charge in [0, 0.05) is 6.54 Å². The second kappa shape index (κ2) is 4.05. The summed E-state index contributed by atoms with van der Waals surface area (Å²) < 4.78 is 11.7. The summed E-state index contributed by atoms with van der Waals surface area (Å²) in [4.78, 5) is 0. The van der Waals surface area contributed by atoms with Crippen LogP contribution in [0.2, 0.25) is 0 Å². The highest BCUT2D eigenvalue weighted by Crippen LogP contribution is 2.39. The van der Waals surface area contributed by atoms with Gasteiger partial charge < -0.3 is 5.32 Å². The van der Waals surface area contributed by atoms with Crippen LogP contribution in [0.3, 0.4) is 0 Å². The number of hydrogen-bond acceptors (Lipinski definition) is 1. The van der Waals surface area contributed by atoms with Crippen LogP contribution in [0, 0.1) is 5.41 Å². The van der Waals surface area contributed by atoms with Crippen molar-refractivity contribution < 1.29 is 4.39 Å². The zero-order valence-corrected chi connectivity index (χ0v) is 7.33. The van der Waals surface area contributed by atoms with Gasteiger partial charge in [-0.05, 0) is 31.2 Å². The highest BCUT2D eigenvalue weighted by molar-refractivity contribution is 4.84. The highest BCUT2D eigenvalue weighted by atomic mass is 19.1. The van der Waals surface area contributed by atoms with Gasteiger partial charge >= 0.3 is 0 Å². The van der Waals surface area contributed by atoms with Crippen LogP contribution in [0.15, 0.2) is 0 Å². The van der Waals surface area contributed by atoms with Crippen LogP contribution in [0.4, 0.5) is 4.39 Å². The minimum absolute atomic E-state index is 0.191. The first-order valence-electron chi connectivity index (χ1n) is 4.54. The van der Waals surface area contributed by atoms with E-state index in [0.717, 1.165) is 13.1 Å². The molecule has 0 spiro atoms. The van der Waals surface area contributed by atoms with Gasteiger partial charge in [-0.25, -0.2) is 0 Å². The van der Waals surface area contributed by atoms with E-state index in [9.17, 15) is 4.39 Å². The zero-order valence-electron chi connectivity index (χ0n) is 7.33. The fraction of sp³-hybridized carbons (Fsp3) is 1.00. The number of hydrogen-bond donors (Lipinski definition) is 1. The van der Waals surface area contributed by atoms with Gasteiger partial charge in [0.15, 0.2) is 0 Å². The number of halogens is 1. The molecule has 1 fully saturated rings. The monoisotopic (exact) mass is 159 g/mol. The Balaban J connectivity index is 1.94. The molecule has 0 atom stereocenters. The van der Waals surface area contributed by atoms with Gasteiger partial charge in [-0.2, -0.15) is 0 Å². The highest BCUT2D eigenvalue weighted by Gasteiger charge is 2.30. The summed E-state index contributed by atoms with van der Waals surface area (Å²) in [6.07, 6.45) is 4.72. The minimum atomic E-state index is -0.191. The van der Waals surface area contributed by atoms with E-state index < -0.39 is 0 Å². The van der Waals surface area contributed by atoms with E-state index in [0.29, 0.717) is 11.8 Å². The fourth-order valence-electron chi connectivity index (χ4n) is 1.54. The van der Waals surface area contributed by atoms with Gasteiger partial charge in [-0.1, -0.05) is 13.3 Å². The summed E-state index contributed by atoms with van der Waals surface area (Å²) in [5, 5.41) is 3.29. The Bertz CT molecular complexity index is 110. The van der Waals surface area contributed by atoms with Crippen molar-refractivity contribution in [3.8, 4) is 0 Å². The molecule has 1 saturated carbocycles. The van der Waals surface area contributed by atoms with E-state index in [-0.39, 0.29) is 6.67 Å². The summed E-state index contributed by atoms with van der Waals surface area (Å²) in [5.74, 6) is 0. The maximum atomic E-state index is 11.7. The lowest BCUT2D eigenvalue weighted by atomic mass is 9.70. The number of alkyl halides is 1. The second-order valence-corrected chi connectivity index (χ2v) is 3.88. The number of nitrogens with one attached hydrogen (secondary N) is 1. The van der Waals surface area contributed by atoms with Crippen molar-refractivity contribution in [2.24, 2.45) is 5.41 Å². The molecule has 1 aliphatic rings. The zero-order chi connectivity index (χ0) is 8.16. The van der Waals surface area contributed by atoms with Crippen LogP contribution >= 0.6 is 0 Å². The molecule has 0 aromatic rings. The van der Waals surface area contributed by atoms with Crippen molar-refractivity contribution in [1.29, 1.82) is 0 Å². The summed E-state index contributed by atoms with van der Waals surface area (Å²) in [6.45, 7) is 4.03. The summed E-state index contributed by atoms with van der Waals surface area (Å²) in [7, 11) is 0. The first-order valence-corrected chi connectivity index (χ1v) is 4.54. The lowest BCUT2D eigenvalue weighted by Gasteiger charge is -2.38. The Morgan fingerprint density at radius 1 is 1.45 bits per heavy atom. The van der Waals surface area contributed by atoms with Crippen LogP contribution in [0.5, 0.6) is 0 Å². The van der Waals surface area contributed by atoms with Crippen LogP contribution in [0.25, 0.3) is 0 Å². The van der Waals surface area contributed by atoms with Crippen molar-refractivity contribution in [1.82, 2.24) is 5.32 Å². The van der Waals surface area contributed by atoms with Crippen molar-refractivity contribution in [2.75, 3.05) is 19.8 Å². The second-order valence-electron chi connectivity index (χ2n) is 3.88. The Kier molecular flexibility index (Phi) is 3.31.